The molecule has 0 amide bonds. The fourth-order valence-electron chi connectivity index (χ4n) is 0.967. The van der Waals surface area contributed by atoms with Crippen molar-refractivity contribution in [2.45, 2.75) is 12.4 Å². The summed E-state index contributed by atoms with van der Waals surface area (Å²) < 4.78 is 59.3. The summed E-state index contributed by atoms with van der Waals surface area (Å²) in [6.45, 7) is 1.42. The Morgan fingerprint density at radius 1 is 1.31 bits per heavy atom. The van der Waals surface area contributed by atoms with Crippen molar-refractivity contribution in [1.82, 2.24) is 0 Å². The Morgan fingerprint density at radius 2 is 1.88 bits per heavy atom. The van der Waals surface area contributed by atoms with E-state index in [4.69, 9.17) is 5.73 Å². The van der Waals surface area contributed by atoms with Crippen LogP contribution in [-0.2, 0) is 10.0 Å². The van der Waals surface area contributed by atoms with E-state index in [0.717, 1.165) is 0 Å². The average Bonchev–Trinajstić information content (AvgIpc) is 2.11. The van der Waals surface area contributed by atoms with Crippen LogP contribution < -0.4 is 10.5 Å². The van der Waals surface area contributed by atoms with Gasteiger partial charge in [0, 0.05) is 5.69 Å². The Morgan fingerprint density at radius 3 is 2.38 bits per heavy atom. The van der Waals surface area contributed by atoms with Crippen LogP contribution in [0, 0.1) is 6.92 Å². The fourth-order valence-corrected chi connectivity index (χ4v) is 1.59. The van der Waals surface area contributed by atoms with Gasteiger partial charge in [-0.2, -0.15) is 21.6 Å². The first kappa shape index (κ1) is 12.6. The molecule has 0 aliphatic rings. The summed E-state index contributed by atoms with van der Waals surface area (Å²) >= 11 is 0. The summed E-state index contributed by atoms with van der Waals surface area (Å²) in [5.74, 6) is 0. The number of benzene rings is 1. The SMILES string of the molecule is Cc1c(N)cccc1NS(=O)(=O)C(F)(F)F. The minimum absolute atomic E-state index is 0.183. The molecule has 0 spiro atoms. The summed E-state index contributed by atoms with van der Waals surface area (Å²) in [5, 5.41) is 0. The lowest BCUT2D eigenvalue weighted by Gasteiger charge is -2.13. The van der Waals surface area contributed by atoms with E-state index in [1.54, 1.807) is 0 Å². The highest BCUT2D eigenvalue weighted by Crippen LogP contribution is 2.28. The molecule has 0 aromatic heterocycles. The third-order valence-electron chi connectivity index (χ3n) is 1.92. The van der Waals surface area contributed by atoms with Gasteiger partial charge in [0.25, 0.3) is 0 Å². The molecule has 0 heterocycles. The monoisotopic (exact) mass is 254 g/mol. The van der Waals surface area contributed by atoms with Gasteiger partial charge in [-0.25, -0.2) is 0 Å². The maximum Gasteiger partial charge on any atom is 0.516 e. The molecule has 3 N–H and O–H groups in total. The summed E-state index contributed by atoms with van der Waals surface area (Å²) in [6.07, 6.45) is 0. The van der Waals surface area contributed by atoms with Crippen LogP contribution in [0.1, 0.15) is 5.56 Å². The summed E-state index contributed by atoms with van der Waals surface area (Å²) in [5.41, 5.74) is 0.362. The number of hydrogen-bond acceptors (Lipinski definition) is 3. The highest BCUT2D eigenvalue weighted by atomic mass is 32.2. The topological polar surface area (TPSA) is 72.2 Å². The first-order valence-electron chi connectivity index (χ1n) is 4.09. The van der Waals surface area contributed by atoms with Crippen molar-refractivity contribution in [1.29, 1.82) is 0 Å². The largest absolute Gasteiger partial charge is 0.516 e. The normalized spacial score (nSPS) is 12.5. The van der Waals surface area contributed by atoms with Gasteiger partial charge < -0.3 is 5.73 Å². The van der Waals surface area contributed by atoms with E-state index in [1.165, 1.54) is 29.8 Å². The van der Waals surface area contributed by atoms with Crippen LogP contribution in [0.15, 0.2) is 18.2 Å². The summed E-state index contributed by atoms with van der Waals surface area (Å²) in [6, 6.07) is 4.02. The Hall–Kier alpha value is -1.44. The van der Waals surface area contributed by atoms with E-state index < -0.39 is 15.5 Å². The molecular weight excluding hydrogens is 245 g/mol. The van der Waals surface area contributed by atoms with E-state index >= 15 is 0 Å². The zero-order valence-electron chi connectivity index (χ0n) is 8.17. The molecule has 0 unspecified atom stereocenters. The lowest BCUT2D eigenvalue weighted by Crippen LogP contribution is -2.30. The van der Waals surface area contributed by atoms with Gasteiger partial charge in [0.2, 0.25) is 0 Å². The number of alkyl halides is 3. The quantitative estimate of drug-likeness (QED) is 0.791. The van der Waals surface area contributed by atoms with Gasteiger partial charge >= 0.3 is 15.5 Å². The molecule has 1 aromatic rings. The number of hydrogen-bond donors (Lipinski definition) is 2. The molecule has 8 heteroatoms. The van der Waals surface area contributed by atoms with Gasteiger partial charge in [-0.3, -0.25) is 4.72 Å². The molecule has 1 aromatic carbocycles. The standard InChI is InChI=1S/C8H9F3N2O2S/c1-5-6(12)3-2-4-7(5)13-16(14,15)8(9,10)11/h2-4,13H,12H2,1H3. The minimum atomic E-state index is -5.40. The van der Waals surface area contributed by atoms with Crippen molar-refractivity contribution in [3.63, 3.8) is 0 Å². The second kappa shape index (κ2) is 3.85. The van der Waals surface area contributed by atoms with Crippen LogP contribution in [0.4, 0.5) is 24.5 Å². The molecule has 0 fully saturated rings. The second-order valence-corrected chi connectivity index (χ2v) is 4.74. The molecule has 0 aliphatic carbocycles. The molecule has 0 atom stereocenters. The van der Waals surface area contributed by atoms with Crippen LogP contribution >= 0.6 is 0 Å². The van der Waals surface area contributed by atoms with E-state index in [9.17, 15) is 21.6 Å². The smallest absolute Gasteiger partial charge is 0.398 e. The highest BCUT2D eigenvalue weighted by Gasteiger charge is 2.46. The fraction of sp³-hybridized carbons (Fsp3) is 0.250. The average molecular weight is 254 g/mol. The number of rotatable bonds is 2. The molecule has 0 bridgehead atoms. The highest BCUT2D eigenvalue weighted by molar-refractivity contribution is 7.93. The van der Waals surface area contributed by atoms with Crippen molar-refractivity contribution < 1.29 is 21.6 Å². The second-order valence-electron chi connectivity index (χ2n) is 3.07. The minimum Gasteiger partial charge on any atom is -0.398 e. The molecule has 90 valence electrons. The van der Waals surface area contributed by atoms with Gasteiger partial charge in [0.05, 0.1) is 5.69 Å². The van der Waals surface area contributed by atoms with E-state index in [1.807, 2.05) is 0 Å². The van der Waals surface area contributed by atoms with Gasteiger partial charge in [0.1, 0.15) is 0 Å². The van der Waals surface area contributed by atoms with Crippen molar-refractivity contribution in [2.24, 2.45) is 0 Å². The third kappa shape index (κ3) is 2.38. The van der Waals surface area contributed by atoms with E-state index in [-0.39, 0.29) is 16.9 Å². The van der Waals surface area contributed by atoms with Gasteiger partial charge in [-0.15, -0.1) is 0 Å². The van der Waals surface area contributed by atoms with Crippen LogP contribution in [0.3, 0.4) is 0 Å². The van der Waals surface area contributed by atoms with Crippen molar-refractivity contribution in [2.75, 3.05) is 10.5 Å². The zero-order valence-corrected chi connectivity index (χ0v) is 8.98. The number of anilines is 2. The lowest BCUT2D eigenvalue weighted by atomic mass is 10.2. The van der Waals surface area contributed by atoms with Crippen LogP contribution in [0.2, 0.25) is 0 Å². The molecule has 0 saturated carbocycles. The number of sulfonamides is 1. The molecular formula is C8H9F3N2O2S. The Kier molecular flexibility index (Phi) is 3.04. The predicted molar refractivity (Wildman–Crippen MR) is 54.2 cm³/mol. The number of nitrogens with two attached hydrogens (primary N) is 1. The van der Waals surface area contributed by atoms with Gasteiger partial charge in [-0.1, -0.05) is 6.07 Å². The van der Waals surface area contributed by atoms with E-state index in [0.29, 0.717) is 0 Å². The van der Waals surface area contributed by atoms with Gasteiger partial charge in [-0.05, 0) is 24.6 Å². The molecule has 0 saturated heterocycles. The first-order valence-corrected chi connectivity index (χ1v) is 5.57. The molecule has 16 heavy (non-hydrogen) atoms. The molecule has 4 nitrogen and oxygen atoms in total. The summed E-state index contributed by atoms with van der Waals surface area (Å²) in [7, 11) is -5.40. The molecule has 0 radical (unpaired) electrons. The number of halogens is 3. The van der Waals surface area contributed by atoms with Gasteiger partial charge in [0.15, 0.2) is 0 Å². The van der Waals surface area contributed by atoms with Crippen molar-refractivity contribution >= 4 is 21.4 Å². The Bertz CT molecular complexity index is 496. The number of nitrogen functional groups attached to an aromatic ring is 1. The van der Waals surface area contributed by atoms with E-state index in [2.05, 4.69) is 0 Å². The van der Waals surface area contributed by atoms with Crippen LogP contribution in [0.5, 0.6) is 0 Å². The van der Waals surface area contributed by atoms with Crippen molar-refractivity contribution in [3.05, 3.63) is 23.8 Å². The third-order valence-corrected chi connectivity index (χ3v) is 3.02. The maximum atomic E-state index is 12.1. The zero-order chi connectivity index (χ0) is 12.6. The Labute approximate surface area is 90.3 Å². The molecule has 0 aliphatic heterocycles. The maximum absolute atomic E-state index is 12.1. The number of nitrogens with one attached hydrogen (secondary N) is 1. The Balaban J connectivity index is 3.12. The lowest BCUT2D eigenvalue weighted by molar-refractivity contribution is -0.0429. The summed E-state index contributed by atoms with van der Waals surface area (Å²) in [4.78, 5) is 0. The first-order chi connectivity index (χ1) is 7.15. The van der Waals surface area contributed by atoms with Crippen molar-refractivity contribution in [3.8, 4) is 0 Å². The predicted octanol–water partition coefficient (Wildman–Crippen LogP) is 1.84. The van der Waals surface area contributed by atoms with Crippen LogP contribution in [0.25, 0.3) is 0 Å². The van der Waals surface area contributed by atoms with Crippen LogP contribution in [-0.4, -0.2) is 13.9 Å². The molecule has 1 rings (SSSR count).